The lowest BCUT2D eigenvalue weighted by molar-refractivity contribution is 0.893. The summed E-state index contributed by atoms with van der Waals surface area (Å²) in [6, 6.07) is 10.8. The van der Waals surface area contributed by atoms with Crippen molar-refractivity contribution >= 4 is 17.3 Å². The van der Waals surface area contributed by atoms with Gasteiger partial charge in [-0.15, -0.1) is 0 Å². The first kappa shape index (κ1) is 12.6. The molecule has 21 heavy (non-hydrogen) atoms. The average Bonchev–Trinajstić information content (AvgIpc) is 3.16. The molecule has 4 nitrogen and oxygen atoms in total. The third kappa shape index (κ3) is 2.24. The Kier molecular flexibility index (Phi) is 3.02. The van der Waals surface area contributed by atoms with Crippen molar-refractivity contribution in [1.82, 2.24) is 9.97 Å². The molecule has 1 aromatic carbocycles. The van der Waals surface area contributed by atoms with Gasteiger partial charge in [-0.25, -0.2) is 9.97 Å². The highest BCUT2D eigenvalue weighted by Crippen LogP contribution is 2.34. The molecule has 1 fully saturated rings. The minimum absolute atomic E-state index is 0.860. The zero-order chi connectivity index (χ0) is 14.2. The monoisotopic (exact) mass is 280 g/mol. The number of hydrogen-bond acceptors (Lipinski definition) is 4. The molecular weight excluding hydrogens is 260 g/mol. The summed E-state index contributed by atoms with van der Waals surface area (Å²) in [5.41, 5.74) is 2.71. The number of aryl methyl sites for hydroxylation is 1. The number of hydrogen-bond donors (Lipinski definition) is 0. The maximum Gasteiger partial charge on any atom is 0.138 e. The number of fused-ring (bicyclic) bond motifs is 1. The van der Waals surface area contributed by atoms with Gasteiger partial charge in [-0.2, -0.15) is 0 Å². The van der Waals surface area contributed by atoms with E-state index < -0.39 is 0 Å². The summed E-state index contributed by atoms with van der Waals surface area (Å²) < 4.78 is 0. The first-order chi connectivity index (χ1) is 10.3. The van der Waals surface area contributed by atoms with Gasteiger partial charge in [0.15, 0.2) is 0 Å². The molecule has 2 aliphatic heterocycles. The number of para-hydroxylation sites is 1. The van der Waals surface area contributed by atoms with Crippen LogP contribution in [-0.4, -0.2) is 29.6 Å². The topological polar surface area (TPSA) is 32.3 Å². The Morgan fingerprint density at radius 3 is 2.57 bits per heavy atom. The fourth-order valence-corrected chi connectivity index (χ4v) is 3.36. The normalized spacial score (nSPS) is 17.4. The summed E-state index contributed by atoms with van der Waals surface area (Å²) in [7, 11) is 0. The van der Waals surface area contributed by atoms with Crippen molar-refractivity contribution in [1.29, 1.82) is 0 Å². The van der Waals surface area contributed by atoms with Crippen LogP contribution >= 0.6 is 0 Å². The predicted molar refractivity (Wildman–Crippen MR) is 85.4 cm³/mol. The fourth-order valence-electron chi connectivity index (χ4n) is 3.36. The van der Waals surface area contributed by atoms with Crippen LogP contribution in [0, 0.1) is 6.92 Å². The van der Waals surface area contributed by atoms with Gasteiger partial charge in [-0.1, -0.05) is 18.2 Å². The first-order valence-corrected chi connectivity index (χ1v) is 7.77. The zero-order valence-corrected chi connectivity index (χ0v) is 12.4. The minimum atomic E-state index is 0.860. The van der Waals surface area contributed by atoms with Gasteiger partial charge in [-0.05, 0) is 37.8 Å². The zero-order valence-electron chi connectivity index (χ0n) is 12.4. The molecule has 0 aliphatic carbocycles. The van der Waals surface area contributed by atoms with E-state index in [9.17, 15) is 0 Å². The number of nitrogens with zero attached hydrogens (tertiary/aromatic N) is 4. The molecule has 0 atom stereocenters. The van der Waals surface area contributed by atoms with Crippen LogP contribution in [0.3, 0.4) is 0 Å². The third-order valence-electron chi connectivity index (χ3n) is 4.40. The molecule has 108 valence electrons. The van der Waals surface area contributed by atoms with E-state index in [1.807, 2.05) is 6.92 Å². The summed E-state index contributed by atoms with van der Waals surface area (Å²) >= 11 is 0. The van der Waals surface area contributed by atoms with E-state index in [1.54, 1.807) is 0 Å². The maximum atomic E-state index is 4.67. The van der Waals surface area contributed by atoms with E-state index in [1.165, 1.54) is 24.1 Å². The molecule has 0 N–H and O–H groups in total. The SMILES string of the molecule is Cc1nc(N2CCCC2)cc(N2CCc3ccccc32)n1. The van der Waals surface area contributed by atoms with Gasteiger partial charge >= 0.3 is 0 Å². The summed E-state index contributed by atoms with van der Waals surface area (Å²) in [6.07, 6.45) is 3.63. The Morgan fingerprint density at radius 2 is 1.71 bits per heavy atom. The standard InChI is InChI=1S/C17H20N4/c1-13-18-16(20-9-4-5-10-20)12-17(19-13)21-11-8-14-6-2-3-7-15(14)21/h2-3,6-7,12H,4-5,8-11H2,1H3. The lowest BCUT2D eigenvalue weighted by Gasteiger charge is -2.22. The fraction of sp³-hybridized carbons (Fsp3) is 0.412. The van der Waals surface area contributed by atoms with Gasteiger partial charge < -0.3 is 9.80 Å². The Labute approximate surface area is 125 Å². The third-order valence-corrected chi connectivity index (χ3v) is 4.40. The molecule has 4 rings (SSSR count). The molecule has 2 aromatic rings. The molecule has 0 saturated carbocycles. The minimum Gasteiger partial charge on any atom is -0.356 e. The van der Waals surface area contributed by atoms with Crippen LogP contribution < -0.4 is 9.80 Å². The average molecular weight is 280 g/mol. The van der Waals surface area contributed by atoms with Gasteiger partial charge in [-0.3, -0.25) is 0 Å². The molecule has 0 unspecified atom stereocenters. The molecule has 2 aliphatic rings. The predicted octanol–water partition coefficient (Wildman–Crippen LogP) is 3.08. The van der Waals surface area contributed by atoms with E-state index in [4.69, 9.17) is 0 Å². The van der Waals surface area contributed by atoms with E-state index >= 15 is 0 Å². The van der Waals surface area contributed by atoms with Crippen LogP contribution in [0.15, 0.2) is 30.3 Å². The molecule has 0 amide bonds. The van der Waals surface area contributed by atoms with Gasteiger partial charge in [0, 0.05) is 31.4 Å². The van der Waals surface area contributed by atoms with E-state index in [-0.39, 0.29) is 0 Å². The van der Waals surface area contributed by atoms with Gasteiger partial charge in [0.05, 0.1) is 0 Å². The molecular formula is C17H20N4. The molecule has 1 aromatic heterocycles. The van der Waals surface area contributed by atoms with Crippen molar-refractivity contribution in [2.24, 2.45) is 0 Å². The van der Waals surface area contributed by atoms with Crippen LogP contribution in [0.1, 0.15) is 24.2 Å². The Balaban J connectivity index is 1.72. The Bertz CT molecular complexity index is 662. The molecule has 0 bridgehead atoms. The molecule has 0 radical (unpaired) electrons. The van der Waals surface area contributed by atoms with Crippen molar-refractivity contribution in [3.05, 3.63) is 41.7 Å². The van der Waals surface area contributed by atoms with Gasteiger partial charge in [0.25, 0.3) is 0 Å². The quantitative estimate of drug-likeness (QED) is 0.846. The van der Waals surface area contributed by atoms with Crippen molar-refractivity contribution in [3.8, 4) is 0 Å². The summed E-state index contributed by atoms with van der Waals surface area (Å²) in [5.74, 6) is 2.98. The Morgan fingerprint density at radius 1 is 0.952 bits per heavy atom. The smallest absolute Gasteiger partial charge is 0.138 e. The second-order valence-corrected chi connectivity index (χ2v) is 5.86. The highest BCUT2D eigenvalue weighted by molar-refractivity contribution is 5.69. The van der Waals surface area contributed by atoms with E-state index in [0.717, 1.165) is 43.5 Å². The second kappa shape index (κ2) is 5.02. The van der Waals surface area contributed by atoms with Gasteiger partial charge in [0.1, 0.15) is 17.5 Å². The number of rotatable bonds is 2. The van der Waals surface area contributed by atoms with Crippen molar-refractivity contribution in [3.63, 3.8) is 0 Å². The largest absolute Gasteiger partial charge is 0.356 e. The van der Waals surface area contributed by atoms with E-state index in [2.05, 4.69) is 50.1 Å². The Hall–Kier alpha value is -2.10. The lowest BCUT2D eigenvalue weighted by Crippen LogP contribution is -2.22. The van der Waals surface area contributed by atoms with Crippen LogP contribution in [0.4, 0.5) is 17.3 Å². The number of benzene rings is 1. The van der Waals surface area contributed by atoms with Crippen LogP contribution in [0.5, 0.6) is 0 Å². The van der Waals surface area contributed by atoms with Gasteiger partial charge in [0.2, 0.25) is 0 Å². The first-order valence-electron chi connectivity index (χ1n) is 7.77. The number of aromatic nitrogens is 2. The molecule has 3 heterocycles. The highest BCUT2D eigenvalue weighted by atomic mass is 15.3. The number of anilines is 3. The summed E-state index contributed by atoms with van der Waals surface area (Å²) in [6.45, 7) is 5.24. The van der Waals surface area contributed by atoms with Crippen molar-refractivity contribution in [2.45, 2.75) is 26.2 Å². The van der Waals surface area contributed by atoms with Crippen LogP contribution in [0.25, 0.3) is 0 Å². The second-order valence-electron chi connectivity index (χ2n) is 5.86. The van der Waals surface area contributed by atoms with E-state index in [0.29, 0.717) is 0 Å². The van der Waals surface area contributed by atoms with Crippen LogP contribution in [0.2, 0.25) is 0 Å². The summed E-state index contributed by atoms with van der Waals surface area (Å²) in [5, 5.41) is 0. The lowest BCUT2D eigenvalue weighted by atomic mass is 10.2. The van der Waals surface area contributed by atoms with Crippen molar-refractivity contribution < 1.29 is 0 Å². The maximum absolute atomic E-state index is 4.67. The highest BCUT2D eigenvalue weighted by Gasteiger charge is 2.23. The molecule has 0 spiro atoms. The van der Waals surface area contributed by atoms with Crippen molar-refractivity contribution in [2.75, 3.05) is 29.4 Å². The molecule has 4 heteroatoms. The van der Waals surface area contributed by atoms with Crippen LogP contribution in [-0.2, 0) is 6.42 Å². The summed E-state index contributed by atoms with van der Waals surface area (Å²) in [4.78, 5) is 14.0. The molecule has 1 saturated heterocycles.